The van der Waals surface area contributed by atoms with Crippen LogP contribution in [0, 0.1) is 0 Å². The Kier molecular flexibility index (Phi) is 3.15. The van der Waals surface area contributed by atoms with E-state index in [2.05, 4.69) is 0 Å². The van der Waals surface area contributed by atoms with E-state index in [4.69, 9.17) is 4.55 Å². The predicted octanol–water partition coefficient (Wildman–Crippen LogP) is -1.46. The van der Waals surface area contributed by atoms with Crippen LogP contribution in [0.1, 0.15) is 6.92 Å². The molecule has 0 aliphatic heterocycles. The van der Waals surface area contributed by atoms with Crippen molar-refractivity contribution in [1.29, 1.82) is 0 Å². The maximum atomic E-state index is 10.3. The SMILES string of the molecule is CC(=O)NCC(=O)S(=O)(=O)O. The number of nitrogens with one attached hydrogen (secondary N) is 1. The van der Waals surface area contributed by atoms with Gasteiger partial charge < -0.3 is 5.32 Å². The zero-order chi connectivity index (χ0) is 9.07. The van der Waals surface area contributed by atoms with Crippen LogP contribution in [0.2, 0.25) is 0 Å². The molecule has 7 heteroatoms. The fourth-order valence-electron chi connectivity index (χ4n) is 0.288. The lowest BCUT2D eigenvalue weighted by atomic mass is 10.6. The highest BCUT2D eigenvalue weighted by Crippen LogP contribution is 1.82. The Hall–Kier alpha value is -0.950. The Morgan fingerprint density at radius 3 is 2.18 bits per heavy atom. The minimum Gasteiger partial charge on any atom is -0.348 e. The van der Waals surface area contributed by atoms with E-state index in [9.17, 15) is 18.0 Å². The summed E-state index contributed by atoms with van der Waals surface area (Å²) in [4.78, 5) is 20.5. The summed E-state index contributed by atoms with van der Waals surface area (Å²) in [5.74, 6) is -0.540. The average Bonchev–Trinajstić information content (AvgIpc) is 1.80. The van der Waals surface area contributed by atoms with Gasteiger partial charge >= 0.3 is 10.1 Å². The van der Waals surface area contributed by atoms with E-state index in [1.54, 1.807) is 0 Å². The molecule has 6 nitrogen and oxygen atoms in total. The summed E-state index contributed by atoms with van der Waals surface area (Å²) in [5.41, 5.74) is 0. The Bertz CT molecular complexity index is 266. The van der Waals surface area contributed by atoms with Gasteiger partial charge in [0.1, 0.15) is 0 Å². The molecule has 0 rings (SSSR count). The molecule has 0 spiro atoms. The summed E-state index contributed by atoms with van der Waals surface area (Å²) in [6, 6.07) is 0. The van der Waals surface area contributed by atoms with Gasteiger partial charge in [-0.25, -0.2) is 0 Å². The number of amides is 1. The molecule has 0 aliphatic carbocycles. The molecule has 0 aromatic heterocycles. The van der Waals surface area contributed by atoms with Crippen molar-refractivity contribution >= 4 is 21.1 Å². The van der Waals surface area contributed by atoms with E-state index in [0.29, 0.717) is 0 Å². The molecule has 0 saturated heterocycles. The Morgan fingerprint density at radius 2 is 1.91 bits per heavy atom. The van der Waals surface area contributed by atoms with Gasteiger partial charge in [-0.05, 0) is 0 Å². The first-order chi connectivity index (χ1) is 4.84. The van der Waals surface area contributed by atoms with E-state index in [1.165, 1.54) is 0 Å². The van der Waals surface area contributed by atoms with Crippen LogP contribution in [-0.4, -0.2) is 30.5 Å². The van der Waals surface area contributed by atoms with Crippen LogP contribution in [0.3, 0.4) is 0 Å². The summed E-state index contributed by atoms with van der Waals surface area (Å²) in [6.07, 6.45) is 0. The van der Waals surface area contributed by atoms with Gasteiger partial charge in [0.2, 0.25) is 5.91 Å². The topological polar surface area (TPSA) is 101 Å². The van der Waals surface area contributed by atoms with Gasteiger partial charge in [-0.3, -0.25) is 14.1 Å². The first-order valence-corrected chi connectivity index (χ1v) is 4.03. The lowest BCUT2D eigenvalue weighted by molar-refractivity contribution is -0.121. The van der Waals surface area contributed by atoms with Gasteiger partial charge in [0.05, 0.1) is 6.54 Å². The molecule has 11 heavy (non-hydrogen) atoms. The Balaban J connectivity index is 4.02. The first kappa shape index (κ1) is 10.0. The molecular formula is C4H7NO5S. The first-order valence-electron chi connectivity index (χ1n) is 2.59. The van der Waals surface area contributed by atoms with Crippen molar-refractivity contribution in [2.45, 2.75) is 6.92 Å². The van der Waals surface area contributed by atoms with Crippen LogP contribution in [-0.2, 0) is 19.7 Å². The van der Waals surface area contributed by atoms with Crippen molar-refractivity contribution in [2.24, 2.45) is 0 Å². The fraction of sp³-hybridized carbons (Fsp3) is 0.500. The van der Waals surface area contributed by atoms with Gasteiger partial charge in [-0.2, -0.15) is 8.42 Å². The van der Waals surface area contributed by atoms with E-state index in [0.717, 1.165) is 6.92 Å². The summed E-state index contributed by atoms with van der Waals surface area (Å²) >= 11 is 0. The fourth-order valence-corrected chi connectivity index (χ4v) is 0.542. The van der Waals surface area contributed by atoms with Crippen molar-refractivity contribution in [3.8, 4) is 0 Å². The van der Waals surface area contributed by atoms with Crippen LogP contribution in [0.4, 0.5) is 0 Å². The lowest BCUT2D eigenvalue weighted by Gasteiger charge is -1.96. The van der Waals surface area contributed by atoms with Gasteiger partial charge in [0, 0.05) is 6.92 Å². The van der Waals surface area contributed by atoms with Crippen molar-refractivity contribution < 1.29 is 22.6 Å². The Morgan fingerprint density at radius 1 is 1.45 bits per heavy atom. The summed E-state index contributed by atoms with van der Waals surface area (Å²) < 4.78 is 28.1. The highest BCUT2D eigenvalue weighted by molar-refractivity contribution is 8.01. The van der Waals surface area contributed by atoms with Crippen molar-refractivity contribution in [3.63, 3.8) is 0 Å². The van der Waals surface area contributed by atoms with Crippen molar-refractivity contribution in [2.75, 3.05) is 6.54 Å². The number of hydrogen-bond acceptors (Lipinski definition) is 4. The third-order valence-electron chi connectivity index (χ3n) is 0.769. The molecule has 64 valence electrons. The summed E-state index contributed by atoms with van der Waals surface area (Å²) in [7, 11) is -4.65. The number of rotatable bonds is 2. The van der Waals surface area contributed by atoms with Gasteiger partial charge in [-0.1, -0.05) is 0 Å². The monoisotopic (exact) mass is 181 g/mol. The highest BCUT2D eigenvalue weighted by atomic mass is 32.2. The maximum Gasteiger partial charge on any atom is 0.330 e. The van der Waals surface area contributed by atoms with E-state index < -0.39 is 27.7 Å². The molecule has 0 bridgehead atoms. The third-order valence-corrected chi connectivity index (χ3v) is 1.49. The zero-order valence-electron chi connectivity index (χ0n) is 5.70. The van der Waals surface area contributed by atoms with Crippen LogP contribution in [0.5, 0.6) is 0 Å². The van der Waals surface area contributed by atoms with E-state index >= 15 is 0 Å². The summed E-state index contributed by atoms with van der Waals surface area (Å²) in [5, 5.41) is 0.501. The molecule has 0 atom stereocenters. The molecule has 0 aliphatic rings. The van der Waals surface area contributed by atoms with Crippen LogP contribution < -0.4 is 5.32 Å². The number of hydrogen-bond donors (Lipinski definition) is 2. The molecule has 0 heterocycles. The van der Waals surface area contributed by atoms with Crippen LogP contribution >= 0.6 is 0 Å². The van der Waals surface area contributed by atoms with Gasteiger partial charge in [0.15, 0.2) is 0 Å². The summed E-state index contributed by atoms with van der Waals surface area (Å²) in [6.45, 7) is 0.422. The molecule has 0 aromatic carbocycles. The second-order valence-electron chi connectivity index (χ2n) is 1.76. The normalized spacial score (nSPS) is 10.7. The molecular weight excluding hydrogens is 174 g/mol. The van der Waals surface area contributed by atoms with Crippen molar-refractivity contribution in [1.82, 2.24) is 5.32 Å². The van der Waals surface area contributed by atoms with Crippen molar-refractivity contribution in [3.05, 3.63) is 0 Å². The maximum absolute atomic E-state index is 10.3. The average molecular weight is 181 g/mol. The zero-order valence-corrected chi connectivity index (χ0v) is 6.51. The quantitative estimate of drug-likeness (QED) is 0.507. The van der Waals surface area contributed by atoms with Gasteiger partial charge in [0.25, 0.3) is 5.12 Å². The molecule has 0 radical (unpaired) electrons. The molecule has 0 saturated carbocycles. The largest absolute Gasteiger partial charge is 0.348 e. The molecule has 0 unspecified atom stereocenters. The molecule has 1 amide bonds. The van der Waals surface area contributed by atoms with Crippen LogP contribution in [0.25, 0.3) is 0 Å². The van der Waals surface area contributed by atoms with Crippen LogP contribution in [0.15, 0.2) is 0 Å². The highest BCUT2D eigenvalue weighted by Gasteiger charge is 2.17. The van der Waals surface area contributed by atoms with E-state index in [1.807, 2.05) is 5.32 Å². The lowest BCUT2D eigenvalue weighted by Crippen LogP contribution is -2.31. The predicted molar refractivity (Wildman–Crippen MR) is 35.2 cm³/mol. The number of carbonyl (C=O) groups is 2. The second kappa shape index (κ2) is 3.44. The minimum atomic E-state index is -4.65. The smallest absolute Gasteiger partial charge is 0.330 e. The Labute approximate surface area is 63.3 Å². The standard InChI is InChI=1S/C4H7NO5S/c1-3(6)5-2-4(7)11(8,9)10/h2H2,1H3,(H,5,6)(H,8,9,10). The number of carbonyl (C=O) groups excluding carboxylic acids is 2. The third kappa shape index (κ3) is 4.45. The molecule has 0 fully saturated rings. The van der Waals surface area contributed by atoms with E-state index in [-0.39, 0.29) is 0 Å². The second-order valence-corrected chi connectivity index (χ2v) is 3.16. The molecule has 2 N–H and O–H groups in total. The van der Waals surface area contributed by atoms with Gasteiger partial charge in [-0.15, -0.1) is 0 Å². The molecule has 0 aromatic rings. The minimum absolute atomic E-state index is 0.540.